The maximum Gasteiger partial charge on any atom is 0.320 e. The van der Waals surface area contributed by atoms with Crippen molar-refractivity contribution in [3.05, 3.63) is 93.5 Å². The van der Waals surface area contributed by atoms with Gasteiger partial charge in [0, 0.05) is 24.7 Å². The molecule has 1 aliphatic rings. The summed E-state index contributed by atoms with van der Waals surface area (Å²) in [4.78, 5) is 29.4. The van der Waals surface area contributed by atoms with Gasteiger partial charge in [0.15, 0.2) is 0 Å². The molecule has 1 atom stereocenters. The molecule has 0 radical (unpaired) electrons. The van der Waals surface area contributed by atoms with E-state index in [1.54, 1.807) is 4.90 Å². The van der Waals surface area contributed by atoms with Crippen LogP contribution in [0.2, 0.25) is 0 Å². The lowest BCUT2D eigenvalue weighted by Gasteiger charge is -2.26. The van der Waals surface area contributed by atoms with Crippen molar-refractivity contribution in [1.82, 2.24) is 10.3 Å². The van der Waals surface area contributed by atoms with Crippen molar-refractivity contribution >= 4 is 23.4 Å². The molecule has 2 aromatic carbocycles. The SMILES string of the molecule is O=C(NCCCc1ccccc1)Nc1nc(N2CCCC2c2cc(F)ccc2F)ccc1[N+](=O)[O-]. The number of hydrogen-bond acceptors (Lipinski definition) is 5. The molecule has 3 aromatic rings. The van der Waals surface area contributed by atoms with E-state index in [4.69, 9.17) is 0 Å². The number of anilines is 2. The molecule has 0 aliphatic carbocycles. The molecule has 1 aliphatic heterocycles. The van der Waals surface area contributed by atoms with Crippen LogP contribution in [0, 0.1) is 21.7 Å². The Labute approximate surface area is 201 Å². The van der Waals surface area contributed by atoms with Crippen LogP contribution in [0.25, 0.3) is 0 Å². The summed E-state index contributed by atoms with van der Waals surface area (Å²) in [6.07, 6.45) is 2.76. The van der Waals surface area contributed by atoms with Crippen molar-refractivity contribution in [2.75, 3.05) is 23.3 Å². The third-order valence-corrected chi connectivity index (χ3v) is 5.92. The average molecular weight is 482 g/mol. The van der Waals surface area contributed by atoms with E-state index >= 15 is 0 Å². The highest BCUT2D eigenvalue weighted by molar-refractivity contribution is 5.90. The Balaban J connectivity index is 1.46. The van der Waals surface area contributed by atoms with Crippen LogP contribution < -0.4 is 15.5 Å². The number of aryl methyl sites for hydroxylation is 1. The van der Waals surface area contributed by atoms with Crippen molar-refractivity contribution < 1.29 is 18.5 Å². The molecule has 0 spiro atoms. The summed E-state index contributed by atoms with van der Waals surface area (Å²) in [6, 6.07) is 14.7. The van der Waals surface area contributed by atoms with Gasteiger partial charge in [0.25, 0.3) is 0 Å². The fraction of sp³-hybridized carbons (Fsp3) is 0.280. The van der Waals surface area contributed by atoms with E-state index in [0.717, 1.165) is 30.2 Å². The number of rotatable bonds is 8. The summed E-state index contributed by atoms with van der Waals surface area (Å²) >= 11 is 0. The molecule has 2 N–H and O–H groups in total. The Bertz CT molecular complexity index is 1210. The maximum absolute atomic E-state index is 14.4. The van der Waals surface area contributed by atoms with Crippen LogP contribution in [0.4, 0.5) is 30.9 Å². The first-order valence-corrected chi connectivity index (χ1v) is 11.4. The summed E-state index contributed by atoms with van der Waals surface area (Å²) in [5.41, 5.74) is 0.990. The van der Waals surface area contributed by atoms with E-state index in [9.17, 15) is 23.7 Å². The molecule has 10 heteroatoms. The van der Waals surface area contributed by atoms with Gasteiger partial charge < -0.3 is 10.2 Å². The first-order valence-electron chi connectivity index (χ1n) is 11.4. The van der Waals surface area contributed by atoms with E-state index in [1.165, 1.54) is 12.1 Å². The highest BCUT2D eigenvalue weighted by Gasteiger charge is 2.31. The number of pyridine rings is 1. The first-order chi connectivity index (χ1) is 16.9. The summed E-state index contributed by atoms with van der Waals surface area (Å²) in [5, 5.41) is 16.7. The van der Waals surface area contributed by atoms with E-state index in [0.29, 0.717) is 38.2 Å². The quantitative estimate of drug-likeness (QED) is 0.256. The molecule has 2 heterocycles. The average Bonchev–Trinajstić information content (AvgIpc) is 3.33. The number of nitrogens with zero attached hydrogens (tertiary/aromatic N) is 3. The Hall–Kier alpha value is -4.08. The zero-order valence-electron chi connectivity index (χ0n) is 18.9. The number of urea groups is 1. The summed E-state index contributed by atoms with van der Waals surface area (Å²) in [6.45, 7) is 0.887. The smallest absolute Gasteiger partial charge is 0.320 e. The molecule has 1 unspecified atom stereocenters. The molecule has 1 saturated heterocycles. The second kappa shape index (κ2) is 10.9. The van der Waals surface area contributed by atoms with Crippen molar-refractivity contribution in [3.63, 3.8) is 0 Å². The van der Waals surface area contributed by atoms with Crippen LogP contribution in [0.3, 0.4) is 0 Å². The fourth-order valence-corrected chi connectivity index (χ4v) is 4.27. The fourth-order valence-electron chi connectivity index (χ4n) is 4.27. The van der Waals surface area contributed by atoms with Crippen molar-refractivity contribution in [2.45, 2.75) is 31.7 Å². The van der Waals surface area contributed by atoms with Crippen molar-refractivity contribution in [2.24, 2.45) is 0 Å². The Morgan fingerprint density at radius 1 is 1.14 bits per heavy atom. The van der Waals surface area contributed by atoms with Crippen molar-refractivity contribution in [3.8, 4) is 0 Å². The molecule has 1 aromatic heterocycles. The number of benzene rings is 2. The topological polar surface area (TPSA) is 100 Å². The summed E-state index contributed by atoms with van der Waals surface area (Å²) < 4.78 is 28.2. The third kappa shape index (κ3) is 5.89. The standard InChI is InChI=1S/C25H25F2N5O3/c26-18-10-11-20(27)19(16-18)21-9-5-15-31(21)23-13-12-22(32(34)35)24(29-23)30-25(33)28-14-4-8-17-6-2-1-3-7-17/h1-3,6-7,10-13,16,21H,4-5,8-9,14-15H2,(H2,28,29,30,33). The number of hydrogen-bond donors (Lipinski definition) is 2. The predicted octanol–water partition coefficient (Wildman–Crippen LogP) is 5.36. The lowest BCUT2D eigenvalue weighted by atomic mass is 10.0. The highest BCUT2D eigenvalue weighted by atomic mass is 19.1. The number of nitro groups is 1. The zero-order valence-corrected chi connectivity index (χ0v) is 18.9. The van der Waals surface area contributed by atoms with Gasteiger partial charge in [0.1, 0.15) is 17.5 Å². The number of nitrogens with one attached hydrogen (secondary N) is 2. The molecule has 1 fully saturated rings. The Morgan fingerprint density at radius 2 is 1.94 bits per heavy atom. The van der Waals surface area contributed by atoms with E-state index in [2.05, 4.69) is 15.6 Å². The lowest BCUT2D eigenvalue weighted by molar-refractivity contribution is -0.384. The molecule has 8 nitrogen and oxygen atoms in total. The zero-order chi connectivity index (χ0) is 24.8. The molecule has 2 amide bonds. The minimum atomic E-state index is -0.629. The number of carbonyl (C=O) groups is 1. The van der Waals surface area contributed by atoms with Gasteiger partial charge in [-0.3, -0.25) is 15.4 Å². The van der Waals surface area contributed by atoms with Gasteiger partial charge in [-0.1, -0.05) is 30.3 Å². The Kier molecular flexibility index (Phi) is 7.49. The van der Waals surface area contributed by atoms with Crippen LogP contribution in [0.1, 0.15) is 36.4 Å². The molecule has 4 rings (SSSR count). The number of carbonyl (C=O) groups excluding carboxylic acids is 1. The molecule has 0 bridgehead atoms. The van der Waals surface area contributed by atoms with Gasteiger partial charge in [-0.05, 0) is 55.5 Å². The molecular formula is C25H25F2N5O3. The molecular weight excluding hydrogens is 456 g/mol. The summed E-state index contributed by atoms with van der Waals surface area (Å²) in [5.74, 6) is -0.950. The van der Waals surface area contributed by atoms with Crippen LogP contribution in [-0.4, -0.2) is 29.0 Å². The second-order valence-corrected chi connectivity index (χ2v) is 8.28. The maximum atomic E-state index is 14.4. The number of halogens is 2. The van der Waals surface area contributed by atoms with E-state index in [-0.39, 0.29) is 17.1 Å². The normalized spacial score (nSPS) is 15.1. The van der Waals surface area contributed by atoms with Crippen LogP contribution >= 0.6 is 0 Å². The van der Waals surface area contributed by atoms with E-state index in [1.807, 2.05) is 30.3 Å². The summed E-state index contributed by atoms with van der Waals surface area (Å²) in [7, 11) is 0. The molecule has 35 heavy (non-hydrogen) atoms. The van der Waals surface area contributed by atoms with Crippen LogP contribution in [0.5, 0.6) is 0 Å². The molecule has 0 saturated carbocycles. The number of amides is 2. The minimum absolute atomic E-state index is 0.202. The third-order valence-electron chi connectivity index (χ3n) is 5.92. The van der Waals surface area contributed by atoms with Gasteiger partial charge >= 0.3 is 11.7 Å². The van der Waals surface area contributed by atoms with E-state index < -0.39 is 28.6 Å². The van der Waals surface area contributed by atoms with Crippen LogP contribution in [0.15, 0.2) is 60.7 Å². The van der Waals surface area contributed by atoms with Crippen LogP contribution in [-0.2, 0) is 6.42 Å². The second-order valence-electron chi connectivity index (χ2n) is 8.28. The highest BCUT2D eigenvalue weighted by Crippen LogP contribution is 2.38. The number of aromatic nitrogens is 1. The van der Waals surface area contributed by atoms with Gasteiger partial charge in [-0.15, -0.1) is 0 Å². The van der Waals surface area contributed by atoms with Gasteiger partial charge in [-0.25, -0.2) is 18.6 Å². The predicted molar refractivity (Wildman–Crippen MR) is 128 cm³/mol. The minimum Gasteiger partial charge on any atom is -0.349 e. The van der Waals surface area contributed by atoms with Gasteiger partial charge in [0.2, 0.25) is 5.82 Å². The largest absolute Gasteiger partial charge is 0.349 e. The van der Waals surface area contributed by atoms with Gasteiger partial charge in [-0.2, -0.15) is 0 Å². The van der Waals surface area contributed by atoms with Crippen molar-refractivity contribution in [1.29, 1.82) is 0 Å². The molecule has 182 valence electrons. The first kappa shape index (κ1) is 24.1. The van der Waals surface area contributed by atoms with Gasteiger partial charge in [0.05, 0.1) is 11.0 Å². The Morgan fingerprint density at radius 3 is 2.71 bits per heavy atom. The monoisotopic (exact) mass is 481 g/mol. The lowest BCUT2D eigenvalue weighted by Crippen LogP contribution is -2.31.